The maximum atomic E-state index is 15.8. The van der Waals surface area contributed by atoms with Crippen LogP contribution in [0.25, 0.3) is 66.1 Å². The molecule has 2 heterocycles. The van der Waals surface area contributed by atoms with E-state index in [1.807, 2.05) is 105 Å². The first-order valence-corrected chi connectivity index (χ1v) is 15.6. The van der Waals surface area contributed by atoms with E-state index in [0.717, 1.165) is 54.8 Å². The van der Waals surface area contributed by atoms with Crippen LogP contribution in [0.3, 0.4) is 0 Å². The van der Waals surface area contributed by atoms with Crippen LogP contribution in [0, 0.1) is 68.1 Å². The highest BCUT2D eigenvalue weighted by Gasteiger charge is 2.31. The van der Waals surface area contributed by atoms with E-state index in [4.69, 9.17) is 0 Å². The molecule has 0 bridgehead atoms. The zero-order valence-electron chi connectivity index (χ0n) is 26.8. The fourth-order valence-corrected chi connectivity index (χ4v) is 7.13. The summed E-state index contributed by atoms with van der Waals surface area (Å²) < 4.78 is 79.2. The summed E-state index contributed by atoms with van der Waals surface area (Å²) in [5.74, 6) is -10.3. The van der Waals surface area contributed by atoms with E-state index in [9.17, 15) is 18.4 Å². The molecule has 0 N–H and O–H groups in total. The van der Waals surface area contributed by atoms with Gasteiger partial charge < -0.3 is 9.13 Å². The number of nitrogens with zero attached hydrogens (tertiary/aromatic N) is 3. The van der Waals surface area contributed by atoms with Crippen LogP contribution in [-0.4, -0.2) is 9.13 Å². The van der Waals surface area contributed by atoms with E-state index < -0.39 is 34.6 Å². The third-order valence-electron chi connectivity index (χ3n) is 9.37. The summed E-state index contributed by atoms with van der Waals surface area (Å²) in [6.07, 6.45) is 0. The lowest BCUT2D eigenvalue weighted by atomic mass is 9.96. The van der Waals surface area contributed by atoms with Gasteiger partial charge in [-0.05, 0) is 86.3 Å². The van der Waals surface area contributed by atoms with E-state index in [0.29, 0.717) is 16.7 Å². The Balaban J connectivity index is 1.63. The Kier molecular flexibility index (Phi) is 6.69. The maximum Gasteiger partial charge on any atom is 0.200 e. The minimum absolute atomic E-state index is 0.00489. The summed E-state index contributed by atoms with van der Waals surface area (Å²) in [4.78, 5) is 0. The van der Waals surface area contributed by atoms with Gasteiger partial charge in [-0.15, -0.1) is 0 Å². The van der Waals surface area contributed by atoms with Gasteiger partial charge in [0.15, 0.2) is 23.3 Å². The largest absolute Gasteiger partial charge is 0.308 e. The zero-order valence-corrected chi connectivity index (χ0v) is 26.8. The Morgan fingerprint density at radius 1 is 0.469 bits per heavy atom. The molecular formula is C41H26F5N3. The van der Waals surface area contributed by atoms with Crippen LogP contribution >= 0.6 is 0 Å². The van der Waals surface area contributed by atoms with E-state index >= 15 is 8.78 Å². The second-order valence-corrected chi connectivity index (χ2v) is 12.7. The predicted octanol–water partition coefficient (Wildman–Crippen LogP) is 11.3. The molecule has 3 nitrogen and oxygen atoms in total. The Morgan fingerprint density at radius 2 is 0.837 bits per heavy atom. The molecule has 6 aromatic carbocycles. The van der Waals surface area contributed by atoms with Crippen LogP contribution in [0.1, 0.15) is 27.8 Å². The summed E-state index contributed by atoms with van der Waals surface area (Å²) in [6.45, 7) is 7.70. The van der Waals surface area contributed by atoms with Crippen molar-refractivity contribution in [3.05, 3.63) is 142 Å². The van der Waals surface area contributed by atoms with Gasteiger partial charge in [0.25, 0.3) is 0 Å². The van der Waals surface area contributed by atoms with E-state index in [1.54, 1.807) is 4.57 Å². The minimum atomic E-state index is -2.25. The normalized spacial score (nSPS) is 11.8. The molecule has 0 spiro atoms. The molecule has 8 heteroatoms. The van der Waals surface area contributed by atoms with Crippen molar-refractivity contribution >= 4 is 43.6 Å². The Bertz CT molecular complexity index is 2630. The number of hydrogen-bond donors (Lipinski definition) is 0. The lowest BCUT2D eigenvalue weighted by Crippen LogP contribution is -2.10. The van der Waals surface area contributed by atoms with Gasteiger partial charge in [0.05, 0.1) is 39.0 Å². The third-order valence-corrected chi connectivity index (χ3v) is 9.37. The highest BCUT2D eigenvalue weighted by molar-refractivity contribution is 6.12. The number of halogens is 5. The van der Waals surface area contributed by atoms with Crippen molar-refractivity contribution < 1.29 is 22.0 Å². The zero-order chi connectivity index (χ0) is 34.5. The van der Waals surface area contributed by atoms with Gasteiger partial charge in [-0.25, -0.2) is 22.0 Å². The van der Waals surface area contributed by atoms with Crippen LogP contribution in [0.2, 0.25) is 0 Å². The topological polar surface area (TPSA) is 33.6 Å². The van der Waals surface area contributed by atoms with Gasteiger partial charge in [-0.3, -0.25) is 0 Å². The predicted molar refractivity (Wildman–Crippen MR) is 184 cm³/mol. The van der Waals surface area contributed by atoms with Gasteiger partial charge >= 0.3 is 0 Å². The Morgan fingerprint density at radius 3 is 1.22 bits per heavy atom. The Labute approximate surface area is 277 Å². The molecule has 8 aromatic rings. The first-order valence-electron chi connectivity index (χ1n) is 15.6. The van der Waals surface area contributed by atoms with Crippen molar-refractivity contribution in [1.29, 1.82) is 5.26 Å². The molecule has 0 saturated heterocycles. The quantitative estimate of drug-likeness (QED) is 0.106. The summed E-state index contributed by atoms with van der Waals surface area (Å²) in [6, 6.07) is 28.6. The lowest BCUT2D eigenvalue weighted by Gasteiger charge is -2.21. The fourth-order valence-electron chi connectivity index (χ4n) is 7.13. The van der Waals surface area contributed by atoms with Crippen molar-refractivity contribution in [2.45, 2.75) is 27.7 Å². The summed E-state index contributed by atoms with van der Waals surface area (Å²) in [7, 11) is 0. The summed E-state index contributed by atoms with van der Waals surface area (Å²) in [5.41, 5.74) is 5.42. The molecular weight excluding hydrogens is 629 g/mol. The first kappa shape index (κ1) is 30.4. The minimum Gasteiger partial charge on any atom is -0.308 e. The molecule has 0 radical (unpaired) electrons. The molecule has 0 fully saturated rings. The number of nitriles is 1. The van der Waals surface area contributed by atoms with Crippen LogP contribution in [0.15, 0.2) is 84.9 Å². The Hall–Kier alpha value is -5.94. The maximum absolute atomic E-state index is 15.8. The molecule has 0 aliphatic carbocycles. The van der Waals surface area contributed by atoms with Gasteiger partial charge in [0, 0.05) is 27.1 Å². The van der Waals surface area contributed by atoms with Gasteiger partial charge in [0.2, 0.25) is 5.82 Å². The van der Waals surface area contributed by atoms with Gasteiger partial charge in [-0.1, -0.05) is 48.5 Å². The monoisotopic (exact) mass is 655 g/mol. The molecule has 0 aliphatic heterocycles. The summed E-state index contributed by atoms with van der Waals surface area (Å²) >= 11 is 0. The van der Waals surface area contributed by atoms with Crippen molar-refractivity contribution in [2.75, 3.05) is 0 Å². The molecule has 49 heavy (non-hydrogen) atoms. The van der Waals surface area contributed by atoms with Gasteiger partial charge in [-0.2, -0.15) is 5.26 Å². The lowest BCUT2D eigenvalue weighted by molar-refractivity contribution is 0.381. The molecule has 0 aliphatic rings. The molecule has 0 amide bonds. The standard InChI is InChI=1S/C41H26F5N3/c1-20-5-9-24-25-10-6-21(2)16-32(25)48(31(24)15-20)30-14-13-28(35-36(42)38(44)40(46)39(45)37(35)43)41(29(30)19-47)49-33-17-22(3)7-11-26(33)27-12-8-23(4)18-34(27)49/h5-18H,1-4H3. The average molecular weight is 656 g/mol. The van der Waals surface area contributed by atoms with Crippen LogP contribution in [-0.2, 0) is 0 Å². The smallest absolute Gasteiger partial charge is 0.200 e. The van der Waals surface area contributed by atoms with Gasteiger partial charge in [0.1, 0.15) is 11.6 Å². The molecule has 0 atom stereocenters. The van der Waals surface area contributed by atoms with E-state index in [1.165, 1.54) is 12.1 Å². The highest BCUT2D eigenvalue weighted by Crippen LogP contribution is 2.44. The van der Waals surface area contributed by atoms with Crippen molar-refractivity contribution in [3.63, 3.8) is 0 Å². The molecule has 8 rings (SSSR count). The number of aryl methyl sites for hydroxylation is 4. The van der Waals surface area contributed by atoms with Crippen molar-refractivity contribution in [3.8, 4) is 28.6 Å². The van der Waals surface area contributed by atoms with E-state index in [-0.39, 0.29) is 16.8 Å². The number of aromatic nitrogens is 2. The molecule has 240 valence electrons. The molecule has 2 aromatic heterocycles. The second-order valence-electron chi connectivity index (χ2n) is 12.7. The number of fused-ring (bicyclic) bond motifs is 6. The highest BCUT2D eigenvalue weighted by atomic mass is 19.2. The van der Waals surface area contributed by atoms with Crippen LogP contribution in [0.4, 0.5) is 22.0 Å². The van der Waals surface area contributed by atoms with Crippen LogP contribution in [0.5, 0.6) is 0 Å². The molecule has 0 saturated carbocycles. The molecule has 0 unspecified atom stereocenters. The second kappa shape index (κ2) is 10.8. The van der Waals surface area contributed by atoms with Crippen molar-refractivity contribution in [1.82, 2.24) is 9.13 Å². The SMILES string of the molecule is Cc1ccc2c3ccc(C)cc3n(-c3ccc(-c4c(F)c(F)c(F)c(F)c4F)c(-n4c5cc(C)ccc5c5ccc(C)cc54)c3C#N)c2c1. The average Bonchev–Trinajstić information content (AvgIpc) is 3.56. The van der Waals surface area contributed by atoms with Crippen molar-refractivity contribution in [2.24, 2.45) is 0 Å². The third kappa shape index (κ3) is 4.32. The van der Waals surface area contributed by atoms with E-state index in [2.05, 4.69) is 6.07 Å². The summed E-state index contributed by atoms with van der Waals surface area (Å²) in [5, 5.41) is 14.5. The first-order chi connectivity index (χ1) is 23.5. The number of hydrogen-bond acceptors (Lipinski definition) is 1. The van der Waals surface area contributed by atoms with Crippen LogP contribution < -0.4 is 0 Å². The fraction of sp³-hybridized carbons (Fsp3) is 0.0976. The number of benzene rings is 6. The number of rotatable bonds is 3.